The zero-order valence-electron chi connectivity index (χ0n) is 20.6. The van der Waals surface area contributed by atoms with Gasteiger partial charge in [-0.15, -0.1) is 0 Å². The van der Waals surface area contributed by atoms with Crippen molar-refractivity contribution in [3.63, 3.8) is 0 Å². The third-order valence-corrected chi connectivity index (χ3v) is 6.89. The molecule has 2 aliphatic rings. The molecular weight excluding hydrogens is 487 g/mol. The molecule has 0 spiro atoms. The number of aryl methyl sites for hydroxylation is 1. The highest BCUT2D eigenvalue weighted by Crippen LogP contribution is 2.40. The van der Waals surface area contributed by atoms with Crippen molar-refractivity contribution < 1.29 is 33.1 Å². The molecule has 2 atom stereocenters. The Kier molecular flexibility index (Phi) is 10.5. The van der Waals surface area contributed by atoms with E-state index < -0.39 is 18.1 Å². The lowest BCUT2D eigenvalue weighted by Crippen LogP contribution is -2.38. The molecular formula is C27H34F3N3O4. The first-order valence-electron chi connectivity index (χ1n) is 12.5. The molecule has 1 saturated carbocycles. The molecule has 7 nitrogen and oxygen atoms in total. The number of carbonyl (C=O) groups is 2. The standard InChI is InChI=1S/C25H33N3O2.C2HF3O2/c29-25(27-30)22-10-8-19(9-11-22)5-4-14-28-15-12-20(13-16-28)18-26-24-17-23(24)21-6-2-1-3-7-21;3-2(4,5)1(6)7/h1-3,6-11,20,23-24,26,30H,4-5,12-18H2,(H,27,29);(H,6,7). The smallest absolute Gasteiger partial charge is 0.475 e. The maximum absolute atomic E-state index is 11.4. The van der Waals surface area contributed by atoms with Crippen LogP contribution in [0.15, 0.2) is 54.6 Å². The molecule has 2 aromatic rings. The Bertz CT molecular complexity index is 994. The summed E-state index contributed by atoms with van der Waals surface area (Å²) in [6, 6.07) is 19.1. The lowest BCUT2D eigenvalue weighted by atomic mass is 9.96. The van der Waals surface area contributed by atoms with E-state index in [-0.39, 0.29) is 0 Å². The number of aliphatic carboxylic acids is 1. The summed E-state index contributed by atoms with van der Waals surface area (Å²) in [5, 5.41) is 19.6. The van der Waals surface area contributed by atoms with Gasteiger partial charge in [0.15, 0.2) is 0 Å². The summed E-state index contributed by atoms with van der Waals surface area (Å²) in [4.78, 5) is 22.9. The maximum atomic E-state index is 11.4. The van der Waals surface area contributed by atoms with Crippen LogP contribution in [-0.2, 0) is 11.2 Å². The maximum Gasteiger partial charge on any atom is 0.490 e. The quantitative estimate of drug-likeness (QED) is 0.291. The second-order valence-electron chi connectivity index (χ2n) is 9.60. The number of alkyl halides is 3. The van der Waals surface area contributed by atoms with Crippen LogP contribution in [0, 0.1) is 5.92 Å². The molecule has 2 unspecified atom stereocenters. The summed E-state index contributed by atoms with van der Waals surface area (Å²) >= 11 is 0. The van der Waals surface area contributed by atoms with Gasteiger partial charge < -0.3 is 15.3 Å². The van der Waals surface area contributed by atoms with Crippen LogP contribution in [0.1, 0.15) is 53.1 Å². The van der Waals surface area contributed by atoms with E-state index in [1.807, 2.05) is 12.1 Å². The van der Waals surface area contributed by atoms with E-state index in [1.165, 1.54) is 43.5 Å². The van der Waals surface area contributed by atoms with Crippen LogP contribution in [0.4, 0.5) is 13.2 Å². The first-order chi connectivity index (χ1) is 17.7. The largest absolute Gasteiger partial charge is 0.490 e. The van der Waals surface area contributed by atoms with Gasteiger partial charge in [0.25, 0.3) is 5.91 Å². The lowest BCUT2D eigenvalue weighted by Gasteiger charge is -2.32. The van der Waals surface area contributed by atoms with E-state index in [4.69, 9.17) is 15.1 Å². The zero-order valence-corrected chi connectivity index (χ0v) is 20.6. The van der Waals surface area contributed by atoms with Crippen LogP contribution in [0.25, 0.3) is 0 Å². The molecule has 0 radical (unpaired) electrons. The number of nitrogens with one attached hydrogen (secondary N) is 2. The van der Waals surface area contributed by atoms with E-state index in [2.05, 4.69) is 40.5 Å². The van der Waals surface area contributed by atoms with Gasteiger partial charge in [0.2, 0.25) is 0 Å². The van der Waals surface area contributed by atoms with Crippen molar-refractivity contribution in [2.45, 2.75) is 50.2 Å². The van der Waals surface area contributed by atoms with Crippen molar-refractivity contribution >= 4 is 11.9 Å². The van der Waals surface area contributed by atoms with Gasteiger partial charge in [-0.05, 0) is 87.5 Å². The SMILES string of the molecule is O=C(NO)c1ccc(CCCN2CCC(CNC3CC3c3ccccc3)CC2)cc1.O=C(O)C(F)(F)F. The second-order valence-corrected chi connectivity index (χ2v) is 9.60. The molecule has 1 saturated heterocycles. The minimum Gasteiger partial charge on any atom is -0.475 e. The van der Waals surface area contributed by atoms with Gasteiger partial charge in [0, 0.05) is 17.5 Å². The van der Waals surface area contributed by atoms with Gasteiger partial charge in [-0.2, -0.15) is 13.2 Å². The number of benzene rings is 2. The van der Waals surface area contributed by atoms with Gasteiger partial charge >= 0.3 is 12.1 Å². The molecule has 37 heavy (non-hydrogen) atoms. The number of likely N-dealkylation sites (tertiary alicyclic amines) is 1. The molecule has 2 aromatic carbocycles. The molecule has 202 valence electrons. The third-order valence-electron chi connectivity index (χ3n) is 6.89. The fourth-order valence-corrected chi connectivity index (χ4v) is 4.62. The number of carboxylic acids is 1. The molecule has 10 heteroatoms. The van der Waals surface area contributed by atoms with Crippen molar-refractivity contribution in [2.75, 3.05) is 26.2 Å². The van der Waals surface area contributed by atoms with E-state index in [1.54, 1.807) is 17.6 Å². The highest BCUT2D eigenvalue weighted by Gasteiger charge is 2.38. The summed E-state index contributed by atoms with van der Waals surface area (Å²) in [6.07, 6.45) is 0.941. The first-order valence-corrected chi connectivity index (χ1v) is 12.5. The number of amides is 1. The Morgan fingerprint density at radius 3 is 2.19 bits per heavy atom. The fourth-order valence-electron chi connectivity index (χ4n) is 4.62. The molecule has 4 N–H and O–H groups in total. The average molecular weight is 522 g/mol. The number of carbonyl (C=O) groups excluding carboxylic acids is 1. The lowest BCUT2D eigenvalue weighted by molar-refractivity contribution is -0.192. The normalized spacial score (nSPS) is 20.0. The van der Waals surface area contributed by atoms with Crippen molar-refractivity contribution in [3.8, 4) is 0 Å². The van der Waals surface area contributed by atoms with Gasteiger partial charge in [-0.1, -0.05) is 42.5 Å². The molecule has 1 heterocycles. The Morgan fingerprint density at radius 1 is 1.00 bits per heavy atom. The minimum absolute atomic E-state index is 0.462. The number of rotatable bonds is 9. The second kappa shape index (κ2) is 13.6. The van der Waals surface area contributed by atoms with Crippen LogP contribution in [0.3, 0.4) is 0 Å². The highest BCUT2D eigenvalue weighted by atomic mass is 19.4. The van der Waals surface area contributed by atoms with Crippen LogP contribution in [0.5, 0.6) is 0 Å². The number of hydroxylamine groups is 1. The first kappa shape index (κ1) is 28.6. The Hall–Kier alpha value is -2.95. The zero-order chi connectivity index (χ0) is 26.8. The molecule has 2 fully saturated rings. The Labute approximate surface area is 214 Å². The summed E-state index contributed by atoms with van der Waals surface area (Å²) < 4.78 is 31.7. The molecule has 0 aromatic heterocycles. The number of nitrogens with zero attached hydrogens (tertiary/aromatic N) is 1. The molecule has 0 bridgehead atoms. The average Bonchev–Trinajstić information content (AvgIpc) is 3.68. The van der Waals surface area contributed by atoms with Crippen molar-refractivity contribution in [1.29, 1.82) is 0 Å². The van der Waals surface area contributed by atoms with Gasteiger partial charge in [-0.3, -0.25) is 10.0 Å². The molecule has 1 amide bonds. The van der Waals surface area contributed by atoms with E-state index >= 15 is 0 Å². The van der Waals surface area contributed by atoms with E-state index in [0.29, 0.717) is 11.6 Å². The number of piperidine rings is 1. The number of halogens is 3. The Morgan fingerprint density at radius 2 is 1.62 bits per heavy atom. The van der Waals surface area contributed by atoms with Crippen molar-refractivity contribution in [1.82, 2.24) is 15.7 Å². The van der Waals surface area contributed by atoms with Crippen LogP contribution < -0.4 is 10.8 Å². The topological polar surface area (TPSA) is 102 Å². The summed E-state index contributed by atoms with van der Waals surface area (Å²) in [5.74, 6) is -1.69. The van der Waals surface area contributed by atoms with E-state index in [9.17, 15) is 18.0 Å². The summed E-state index contributed by atoms with van der Waals surface area (Å²) in [6.45, 7) is 4.71. The van der Waals surface area contributed by atoms with Crippen LogP contribution in [-0.4, -0.2) is 65.5 Å². The molecule has 1 aliphatic heterocycles. The summed E-state index contributed by atoms with van der Waals surface area (Å²) in [7, 11) is 0. The van der Waals surface area contributed by atoms with E-state index in [0.717, 1.165) is 37.8 Å². The van der Waals surface area contributed by atoms with Crippen molar-refractivity contribution in [2.24, 2.45) is 5.92 Å². The minimum atomic E-state index is -5.08. The van der Waals surface area contributed by atoms with Gasteiger partial charge in [0.05, 0.1) is 0 Å². The number of hydrogen-bond acceptors (Lipinski definition) is 5. The Balaban J connectivity index is 0.000000479. The van der Waals surface area contributed by atoms with Gasteiger partial charge in [-0.25, -0.2) is 10.3 Å². The van der Waals surface area contributed by atoms with Gasteiger partial charge in [0.1, 0.15) is 0 Å². The van der Waals surface area contributed by atoms with Crippen molar-refractivity contribution in [3.05, 3.63) is 71.3 Å². The number of hydrogen-bond donors (Lipinski definition) is 4. The molecule has 4 rings (SSSR count). The third kappa shape index (κ3) is 9.46. The van der Waals surface area contributed by atoms with Crippen LogP contribution >= 0.6 is 0 Å². The molecule has 1 aliphatic carbocycles. The highest BCUT2D eigenvalue weighted by molar-refractivity contribution is 5.93. The summed E-state index contributed by atoms with van der Waals surface area (Å²) in [5.41, 5.74) is 4.87. The predicted molar refractivity (Wildman–Crippen MR) is 132 cm³/mol. The monoisotopic (exact) mass is 521 g/mol. The van der Waals surface area contributed by atoms with Crippen LogP contribution in [0.2, 0.25) is 0 Å². The predicted octanol–water partition coefficient (Wildman–Crippen LogP) is 4.23. The fraction of sp³-hybridized carbons (Fsp3) is 0.481. The number of carboxylic acid groups (broad SMARTS) is 1.